The molecule has 9 nitrogen and oxygen atoms in total. The number of fused-ring (bicyclic) bond motifs is 1. The number of nitrogens with two attached hydrogens (primary N) is 1. The minimum absolute atomic E-state index is 0.0177. The molecule has 11 heteroatoms. The predicted octanol–water partition coefficient (Wildman–Crippen LogP) is 1.98. The number of nitrogens with one attached hydrogen (secondary N) is 2. The summed E-state index contributed by atoms with van der Waals surface area (Å²) >= 11 is 1.67. The minimum atomic E-state index is -3.86. The number of thioether (sulfide) groups is 1. The number of benzene rings is 1. The zero-order valence-electron chi connectivity index (χ0n) is 17.1. The zero-order valence-corrected chi connectivity index (χ0v) is 18.7. The summed E-state index contributed by atoms with van der Waals surface area (Å²) in [4.78, 5) is 13.7. The molecule has 3 rings (SSSR count). The smallest absolute Gasteiger partial charge is 0.318 e. The molecule has 0 fully saturated rings. The second-order valence-electron chi connectivity index (χ2n) is 7.07. The number of hydrogen-bond donors (Lipinski definition) is 3. The van der Waals surface area contributed by atoms with Gasteiger partial charge in [-0.3, -0.25) is 0 Å². The lowest BCUT2D eigenvalue weighted by molar-refractivity contribution is 0.254. The summed E-state index contributed by atoms with van der Waals surface area (Å²) < 4.78 is 34.0. The Balaban J connectivity index is 1.71. The maximum atomic E-state index is 12.3. The number of hydrogen-bond acceptors (Lipinski definition) is 7. The Bertz CT molecular complexity index is 1080. The van der Waals surface area contributed by atoms with Crippen LogP contribution in [0.3, 0.4) is 0 Å². The summed E-state index contributed by atoms with van der Waals surface area (Å²) in [7, 11) is 1.59. The lowest BCUT2D eigenvalue weighted by atomic mass is 10.0. The van der Waals surface area contributed by atoms with Gasteiger partial charge in [-0.05, 0) is 56.1 Å². The standard InChI is InChI=1S/C19H25N5O4S2/c1-21-19(25)22-13-8-12(17-16(9-13)30(26,27)23-18(17)20)6-7-29-11-15-5-4-14(28-15)10-24(2)3/h4-5,8-9H,6-7,10-11H2,1-3H3,(H2,20,23)(H2,21,22,25). The Kier molecular flexibility index (Phi) is 6.74. The van der Waals surface area contributed by atoms with Gasteiger partial charge in [0.1, 0.15) is 22.3 Å². The summed E-state index contributed by atoms with van der Waals surface area (Å²) in [5, 5.41) is 5.06. The molecule has 0 atom stereocenters. The van der Waals surface area contributed by atoms with E-state index in [9.17, 15) is 13.2 Å². The number of rotatable bonds is 8. The van der Waals surface area contributed by atoms with Crippen LogP contribution in [0.5, 0.6) is 0 Å². The molecular weight excluding hydrogens is 426 g/mol. The lowest BCUT2D eigenvalue weighted by Crippen LogP contribution is -2.25. The highest BCUT2D eigenvalue weighted by Gasteiger charge is 2.30. The Morgan fingerprint density at radius 2 is 2.00 bits per heavy atom. The molecule has 1 aliphatic rings. The molecule has 2 heterocycles. The van der Waals surface area contributed by atoms with Gasteiger partial charge in [0.2, 0.25) is 0 Å². The Labute approximate surface area is 180 Å². The molecule has 0 spiro atoms. The highest BCUT2D eigenvalue weighted by atomic mass is 32.2. The highest BCUT2D eigenvalue weighted by molar-refractivity contribution is 7.98. The average molecular weight is 452 g/mol. The van der Waals surface area contributed by atoms with Gasteiger partial charge in [-0.2, -0.15) is 20.2 Å². The minimum Gasteiger partial charge on any atom is -0.464 e. The number of sulfonamides is 1. The van der Waals surface area contributed by atoms with E-state index < -0.39 is 16.1 Å². The highest BCUT2D eigenvalue weighted by Crippen LogP contribution is 2.32. The third-order valence-corrected chi connectivity index (χ3v) is 6.67. The van der Waals surface area contributed by atoms with Crippen molar-refractivity contribution in [3.05, 3.63) is 46.9 Å². The summed E-state index contributed by atoms with van der Waals surface area (Å²) in [5.41, 5.74) is 7.40. The molecule has 2 aromatic rings. The van der Waals surface area contributed by atoms with E-state index in [-0.39, 0.29) is 10.7 Å². The van der Waals surface area contributed by atoms with Crippen molar-refractivity contribution in [3.63, 3.8) is 0 Å². The first-order chi connectivity index (χ1) is 14.2. The van der Waals surface area contributed by atoms with Gasteiger partial charge in [-0.25, -0.2) is 4.79 Å². The van der Waals surface area contributed by atoms with E-state index in [4.69, 9.17) is 10.2 Å². The average Bonchev–Trinajstić information content (AvgIpc) is 3.19. The fourth-order valence-electron chi connectivity index (χ4n) is 3.11. The van der Waals surface area contributed by atoms with Gasteiger partial charge >= 0.3 is 6.03 Å². The van der Waals surface area contributed by atoms with Crippen molar-refractivity contribution in [1.82, 2.24) is 10.2 Å². The Morgan fingerprint density at radius 3 is 2.70 bits per heavy atom. The molecule has 0 unspecified atom stereocenters. The van der Waals surface area contributed by atoms with Crippen molar-refractivity contribution >= 4 is 39.3 Å². The molecule has 0 radical (unpaired) electrons. The third-order valence-electron chi connectivity index (χ3n) is 4.37. The monoisotopic (exact) mass is 451 g/mol. The summed E-state index contributed by atoms with van der Waals surface area (Å²) in [6, 6.07) is 6.62. The van der Waals surface area contributed by atoms with Crippen LogP contribution in [0.15, 0.2) is 38.0 Å². The molecule has 2 amide bonds. The lowest BCUT2D eigenvalue weighted by Gasteiger charge is -2.12. The second kappa shape index (κ2) is 9.11. The van der Waals surface area contributed by atoms with Crippen LogP contribution in [0.1, 0.15) is 22.6 Å². The van der Waals surface area contributed by atoms with Gasteiger partial charge in [-0.15, -0.1) is 4.40 Å². The molecular formula is C19H25N5O4S2. The molecule has 30 heavy (non-hydrogen) atoms. The normalized spacial score (nSPS) is 14.5. The Hall–Kier alpha value is -2.50. The molecule has 0 aliphatic carbocycles. The second-order valence-corrected chi connectivity index (χ2v) is 9.75. The van der Waals surface area contributed by atoms with Gasteiger partial charge < -0.3 is 25.7 Å². The summed E-state index contributed by atoms with van der Waals surface area (Å²) in [6.07, 6.45) is 0.563. The van der Waals surface area contributed by atoms with Gasteiger partial charge in [0.05, 0.1) is 12.3 Å². The first-order valence-electron chi connectivity index (χ1n) is 9.26. The molecule has 1 aromatic carbocycles. The van der Waals surface area contributed by atoms with E-state index in [0.29, 0.717) is 29.2 Å². The van der Waals surface area contributed by atoms with Crippen LogP contribution in [0.4, 0.5) is 10.5 Å². The van der Waals surface area contributed by atoms with Gasteiger partial charge in [-0.1, -0.05) is 0 Å². The molecule has 0 bridgehead atoms. The van der Waals surface area contributed by atoms with Crippen molar-refractivity contribution in [1.29, 1.82) is 0 Å². The Morgan fingerprint density at radius 1 is 1.27 bits per heavy atom. The van der Waals surface area contributed by atoms with Crippen LogP contribution in [0.25, 0.3) is 0 Å². The maximum Gasteiger partial charge on any atom is 0.318 e. The van der Waals surface area contributed by atoms with Crippen molar-refractivity contribution in [3.8, 4) is 0 Å². The van der Waals surface area contributed by atoms with Gasteiger partial charge in [0.25, 0.3) is 10.0 Å². The molecule has 0 saturated heterocycles. The number of amides is 2. The maximum absolute atomic E-state index is 12.3. The number of carbonyl (C=O) groups excluding carboxylic acids is 1. The molecule has 4 N–H and O–H groups in total. The molecule has 162 valence electrons. The van der Waals surface area contributed by atoms with Crippen molar-refractivity contribution in [2.75, 3.05) is 32.2 Å². The van der Waals surface area contributed by atoms with E-state index in [0.717, 1.165) is 23.6 Å². The fraction of sp³-hybridized carbons (Fsp3) is 0.368. The molecule has 0 saturated carbocycles. The molecule has 1 aromatic heterocycles. The fourth-order valence-corrected chi connectivity index (χ4v) is 5.19. The third kappa shape index (κ3) is 5.15. The molecule has 1 aliphatic heterocycles. The van der Waals surface area contributed by atoms with E-state index in [1.54, 1.807) is 17.8 Å². The quantitative estimate of drug-likeness (QED) is 0.523. The largest absolute Gasteiger partial charge is 0.464 e. The van der Waals surface area contributed by atoms with Gasteiger partial charge in [0, 0.05) is 18.3 Å². The van der Waals surface area contributed by atoms with E-state index in [1.807, 2.05) is 31.1 Å². The number of amidine groups is 1. The van der Waals surface area contributed by atoms with Crippen LogP contribution in [-0.4, -0.2) is 52.1 Å². The zero-order chi connectivity index (χ0) is 21.9. The van der Waals surface area contributed by atoms with E-state index in [2.05, 4.69) is 15.0 Å². The SMILES string of the molecule is CNC(=O)Nc1cc(CCSCc2ccc(CN(C)C)o2)c2c(c1)S(=O)(=O)N=C2N. The number of aryl methyl sites for hydroxylation is 1. The summed E-state index contributed by atoms with van der Waals surface area (Å²) in [5.74, 6) is 3.20. The summed E-state index contributed by atoms with van der Waals surface area (Å²) in [6.45, 7) is 0.745. The van der Waals surface area contributed by atoms with Crippen LogP contribution in [0, 0.1) is 0 Å². The van der Waals surface area contributed by atoms with Crippen LogP contribution in [0.2, 0.25) is 0 Å². The van der Waals surface area contributed by atoms with Crippen LogP contribution in [-0.2, 0) is 28.7 Å². The number of furan rings is 1. The first kappa shape index (κ1) is 22.2. The van der Waals surface area contributed by atoms with E-state index in [1.165, 1.54) is 13.1 Å². The van der Waals surface area contributed by atoms with Crippen LogP contribution < -0.4 is 16.4 Å². The predicted molar refractivity (Wildman–Crippen MR) is 118 cm³/mol. The van der Waals surface area contributed by atoms with Crippen molar-refractivity contribution in [2.24, 2.45) is 10.1 Å². The number of nitrogens with zero attached hydrogens (tertiary/aromatic N) is 2. The van der Waals surface area contributed by atoms with Crippen molar-refractivity contribution in [2.45, 2.75) is 23.6 Å². The van der Waals surface area contributed by atoms with Crippen LogP contribution >= 0.6 is 11.8 Å². The number of carbonyl (C=O) groups is 1. The number of urea groups is 1. The van der Waals surface area contributed by atoms with Gasteiger partial charge in [0.15, 0.2) is 0 Å². The number of anilines is 1. The first-order valence-corrected chi connectivity index (χ1v) is 11.9. The van der Waals surface area contributed by atoms with Crippen molar-refractivity contribution < 1.29 is 17.6 Å². The topological polar surface area (TPSA) is 130 Å². The van der Waals surface area contributed by atoms with E-state index >= 15 is 0 Å².